The van der Waals surface area contributed by atoms with E-state index in [1.165, 1.54) is 12.1 Å². The van der Waals surface area contributed by atoms with Gasteiger partial charge in [-0.3, -0.25) is 9.78 Å². The van der Waals surface area contributed by atoms with E-state index in [4.69, 9.17) is 0 Å². The Kier molecular flexibility index (Phi) is 4.13. The van der Waals surface area contributed by atoms with E-state index in [9.17, 15) is 13.2 Å². The Morgan fingerprint density at radius 3 is 2.33 bits per heavy atom. The van der Waals surface area contributed by atoms with Crippen LogP contribution in [-0.2, 0) is 16.4 Å². The zero-order valence-corrected chi connectivity index (χ0v) is 12.9. The summed E-state index contributed by atoms with van der Waals surface area (Å²) >= 11 is 0. The highest BCUT2D eigenvalue weighted by atomic mass is 32.2. The molecule has 0 radical (unpaired) electrons. The Hall–Kier alpha value is -2.15. The number of aromatic amines is 1. The molecule has 21 heavy (non-hydrogen) atoms. The lowest BCUT2D eigenvalue weighted by Crippen LogP contribution is -2.22. The van der Waals surface area contributed by atoms with Crippen LogP contribution in [0, 0.1) is 13.8 Å². The third kappa shape index (κ3) is 3.30. The molecule has 0 amide bonds. The number of nitrogens with one attached hydrogen (secondary N) is 2. The van der Waals surface area contributed by atoms with Crippen molar-refractivity contribution < 1.29 is 8.42 Å². The highest BCUT2D eigenvalue weighted by Gasteiger charge is 2.16. The summed E-state index contributed by atoms with van der Waals surface area (Å²) in [4.78, 5) is 18.5. The molecule has 2 aromatic rings. The first-order valence-corrected chi connectivity index (χ1v) is 8.01. The first-order valence-electron chi connectivity index (χ1n) is 6.52. The first-order chi connectivity index (χ1) is 9.83. The van der Waals surface area contributed by atoms with Crippen LogP contribution in [0.5, 0.6) is 0 Å². The van der Waals surface area contributed by atoms with Crippen molar-refractivity contribution in [3.63, 3.8) is 0 Å². The topological polar surface area (TPSA) is 91.9 Å². The molecule has 0 aliphatic heterocycles. The van der Waals surface area contributed by atoms with Gasteiger partial charge in [0, 0.05) is 11.3 Å². The summed E-state index contributed by atoms with van der Waals surface area (Å²) in [5, 5.41) is 0. The van der Waals surface area contributed by atoms with E-state index in [0.717, 1.165) is 5.56 Å². The van der Waals surface area contributed by atoms with Gasteiger partial charge in [0.25, 0.3) is 15.6 Å². The minimum atomic E-state index is -3.77. The van der Waals surface area contributed by atoms with Crippen molar-refractivity contribution in [1.29, 1.82) is 0 Å². The number of aryl methyl sites for hydroxylation is 2. The Morgan fingerprint density at radius 2 is 1.81 bits per heavy atom. The zero-order chi connectivity index (χ0) is 15.6. The van der Waals surface area contributed by atoms with Gasteiger partial charge in [0.15, 0.2) is 0 Å². The van der Waals surface area contributed by atoms with E-state index in [1.54, 1.807) is 19.1 Å². The predicted octanol–water partition coefficient (Wildman–Crippen LogP) is 1.75. The molecule has 6 nitrogen and oxygen atoms in total. The van der Waals surface area contributed by atoms with Crippen molar-refractivity contribution in [2.75, 3.05) is 4.72 Å². The SMILES string of the molecule is CCc1c(C)nc(NS(=O)(=O)c2ccc(C)cc2)[nH]c1=O. The Bertz CT molecular complexity index is 808. The summed E-state index contributed by atoms with van der Waals surface area (Å²) in [6.45, 7) is 5.39. The molecule has 0 saturated heterocycles. The summed E-state index contributed by atoms with van der Waals surface area (Å²) in [7, 11) is -3.77. The smallest absolute Gasteiger partial charge is 0.264 e. The fourth-order valence-corrected chi connectivity index (χ4v) is 2.94. The van der Waals surface area contributed by atoms with Crippen LogP contribution in [-0.4, -0.2) is 18.4 Å². The molecule has 0 bridgehead atoms. The van der Waals surface area contributed by atoms with E-state index < -0.39 is 10.0 Å². The van der Waals surface area contributed by atoms with Crippen LogP contribution in [0.25, 0.3) is 0 Å². The van der Waals surface area contributed by atoms with Gasteiger partial charge in [0.1, 0.15) is 0 Å². The molecule has 0 saturated carbocycles. The number of benzene rings is 1. The average molecular weight is 307 g/mol. The van der Waals surface area contributed by atoms with Gasteiger partial charge in [-0.2, -0.15) is 0 Å². The number of hydrogen-bond donors (Lipinski definition) is 2. The summed E-state index contributed by atoms with van der Waals surface area (Å²) in [6, 6.07) is 6.42. The fourth-order valence-electron chi connectivity index (χ4n) is 1.98. The minimum absolute atomic E-state index is 0.0738. The number of nitrogens with zero attached hydrogens (tertiary/aromatic N) is 1. The van der Waals surface area contributed by atoms with Gasteiger partial charge in [-0.15, -0.1) is 0 Å². The lowest BCUT2D eigenvalue weighted by Gasteiger charge is -2.09. The van der Waals surface area contributed by atoms with Crippen molar-refractivity contribution in [2.45, 2.75) is 32.1 Å². The number of anilines is 1. The second kappa shape index (κ2) is 5.69. The molecule has 112 valence electrons. The Labute approximate surface area is 123 Å². The molecule has 1 aromatic heterocycles. The quantitative estimate of drug-likeness (QED) is 0.900. The van der Waals surface area contributed by atoms with Crippen LogP contribution in [0.3, 0.4) is 0 Å². The van der Waals surface area contributed by atoms with Crippen molar-refractivity contribution in [1.82, 2.24) is 9.97 Å². The Balaban J connectivity index is 2.37. The van der Waals surface area contributed by atoms with Gasteiger partial charge in [-0.25, -0.2) is 18.1 Å². The Morgan fingerprint density at radius 1 is 1.19 bits per heavy atom. The van der Waals surface area contributed by atoms with Crippen LogP contribution < -0.4 is 10.3 Å². The molecule has 2 N–H and O–H groups in total. The van der Waals surface area contributed by atoms with Gasteiger partial charge in [0.2, 0.25) is 5.95 Å². The molecule has 2 rings (SSSR count). The maximum absolute atomic E-state index is 12.2. The second-order valence-electron chi connectivity index (χ2n) is 4.75. The van der Waals surface area contributed by atoms with Crippen molar-refractivity contribution in [3.8, 4) is 0 Å². The van der Waals surface area contributed by atoms with E-state index in [2.05, 4.69) is 14.7 Å². The summed E-state index contributed by atoms with van der Waals surface area (Å²) in [5.74, 6) is -0.0738. The van der Waals surface area contributed by atoms with E-state index >= 15 is 0 Å². The first kappa shape index (κ1) is 15.2. The number of sulfonamides is 1. The van der Waals surface area contributed by atoms with Crippen LogP contribution in [0.1, 0.15) is 23.7 Å². The van der Waals surface area contributed by atoms with Gasteiger partial charge < -0.3 is 0 Å². The lowest BCUT2D eigenvalue weighted by molar-refractivity contribution is 0.600. The molecule has 1 heterocycles. The second-order valence-corrected chi connectivity index (χ2v) is 6.43. The molecule has 0 spiro atoms. The third-order valence-corrected chi connectivity index (χ3v) is 4.49. The highest BCUT2D eigenvalue weighted by Crippen LogP contribution is 2.14. The standard InChI is InChI=1S/C14H17N3O3S/c1-4-12-10(3)15-14(16-13(12)18)17-21(19,20)11-7-5-9(2)6-8-11/h5-8H,4H2,1-3H3,(H2,15,16,17,18). The number of hydrogen-bond acceptors (Lipinski definition) is 4. The van der Waals surface area contributed by atoms with Crippen LogP contribution in [0.4, 0.5) is 5.95 Å². The predicted molar refractivity (Wildman–Crippen MR) is 81.0 cm³/mol. The van der Waals surface area contributed by atoms with E-state index in [0.29, 0.717) is 17.7 Å². The van der Waals surface area contributed by atoms with Gasteiger partial charge in [-0.1, -0.05) is 24.6 Å². The zero-order valence-electron chi connectivity index (χ0n) is 12.1. The van der Waals surface area contributed by atoms with Gasteiger partial charge in [0.05, 0.1) is 4.90 Å². The summed E-state index contributed by atoms with van der Waals surface area (Å²) in [6.07, 6.45) is 0.541. The molecule has 7 heteroatoms. The number of aromatic nitrogens is 2. The van der Waals surface area contributed by atoms with E-state index in [1.807, 2.05) is 13.8 Å². The fraction of sp³-hybridized carbons (Fsp3) is 0.286. The molecule has 0 aliphatic carbocycles. The molecule has 0 atom stereocenters. The molecule has 0 aliphatic rings. The number of H-pyrrole nitrogens is 1. The maximum atomic E-state index is 12.2. The maximum Gasteiger partial charge on any atom is 0.264 e. The van der Waals surface area contributed by atoms with Crippen LogP contribution >= 0.6 is 0 Å². The lowest BCUT2D eigenvalue weighted by atomic mass is 10.2. The third-order valence-electron chi connectivity index (χ3n) is 3.14. The molecule has 0 unspecified atom stereocenters. The summed E-state index contributed by atoms with van der Waals surface area (Å²) < 4.78 is 26.7. The molecule has 0 fully saturated rings. The highest BCUT2D eigenvalue weighted by molar-refractivity contribution is 7.92. The summed E-state index contributed by atoms with van der Waals surface area (Å²) in [5.41, 5.74) is 1.70. The largest absolute Gasteiger partial charge is 0.292 e. The van der Waals surface area contributed by atoms with Crippen LogP contribution in [0.15, 0.2) is 34.0 Å². The average Bonchev–Trinajstić information content (AvgIpc) is 2.38. The molecular formula is C14H17N3O3S. The normalized spacial score (nSPS) is 11.4. The van der Waals surface area contributed by atoms with Gasteiger partial charge >= 0.3 is 0 Å². The van der Waals surface area contributed by atoms with Crippen molar-refractivity contribution in [2.24, 2.45) is 0 Å². The molecular weight excluding hydrogens is 290 g/mol. The monoisotopic (exact) mass is 307 g/mol. The molecule has 1 aromatic carbocycles. The van der Waals surface area contributed by atoms with Crippen LogP contribution in [0.2, 0.25) is 0 Å². The number of rotatable bonds is 4. The van der Waals surface area contributed by atoms with Crippen molar-refractivity contribution >= 4 is 16.0 Å². The van der Waals surface area contributed by atoms with Gasteiger partial charge in [-0.05, 0) is 32.4 Å². The minimum Gasteiger partial charge on any atom is -0.292 e. The van der Waals surface area contributed by atoms with Crippen molar-refractivity contribution in [3.05, 3.63) is 51.4 Å². The van der Waals surface area contributed by atoms with E-state index in [-0.39, 0.29) is 16.4 Å².